The van der Waals surface area contributed by atoms with Gasteiger partial charge in [0, 0.05) is 0 Å². The summed E-state index contributed by atoms with van der Waals surface area (Å²) in [5.74, 6) is 0. The molecule has 0 aromatic rings. The molecule has 0 saturated heterocycles. The molecule has 64 valence electrons. The molecule has 0 aromatic heterocycles. The van der Waals surface area contributed by atoms with Crippen LogP contribution in [0.3, 0.4) is 0 Å². The van der Waals surface area contributed by atoms with E-state index in [-0.39, 0.29) is 0 Å². The Kier molecular flexibility index (Phi) is 5.64. The number of hydrogen-bond acceptors (Lipinski definition) is 4. The molecule has 0 aliphatic rings. The number of hydrogen-bond donors (Lipinski definition) is 4. The Bertz CT molecular complexity index is 204. The van der Waals surface area contributed by atoms with Gasteiger partial charge in [0.2, 0.25) is 0 Å². The Morgan fingerprint density at radius 1 is 0.600 bits per heavy atom. The third-order valence-electron chi connectivity index (χ3n) is 0. The molecule has 0 rings (SSSR count). The maximum atomic E-state index is 8.85. The summed E-state index contributed by atoms with van der Waals surface area (Å²) in [5, 5.41) is 0. The van der Waals surface area contributed by atoms with Gasteiger partial charge in [-0.05, 0) is 0 Å². The number of rotatable bonds is 0. The fourth-order valence-electron chi connectivity index (χ4n) is 0. The normalized spacial score (nSPS) is 11.6. The molecule has 0 aliphatic carbocycles. The van der Waals surface area contributed by atoms with Gasteiger partial charge in [-0.25, -0.2) is 0 Å². The van der Waals surface area contributed by atoms with E-state index >= 15 is 0 Å². The Balaban J connectivity index is 0. The van der Waals surface area contributed by atoms with Gasteiger partial charge in [0.05, 0.1) is 0 Å². The summed E-state index contributed by atoms with van der Waals surface area (Å²) < 4.78 is 64.0. The van der Waals surface area contributed by atoms with E-state index in [0.717, 1.165) is 0 Å². The zero-order valence-electron chi connectivity index (χ0n) is 4.24. The van der Waals surface area contributed by atoms with Crippen molar-refractivity contribution >= 4 is 0 Å². The summed E-state index contributed by atoms with van der Waals surface area (Å²) in [6, 6.07) is 0. The third kappa shape index (κ3) is 2670. The van der Waals surface area contributed by atoms with Gasteiger partial charge in [0.15, 0.2) is 0 Å². The van der Waals surface area contributed by atoms with Gasteiger partial charge in [-0.1, -0.05) is 0 Å². The van der Waals surface area contributed by atoms with E-state index in [1.54, 1.807) is 0 Å². The van der Waals surface area contributed by atoms with Crippen molar-refractivity contribution in [2.45, 2.75) is 0 Å². The molecule has 4 N–H and O–H groups in total. The molecule has 8 nitrogen and oxygen atoms in total. The van der Waals surface area contributed by atoms with E-state index < -0.39 is 33.5 Å². The zero-order valence-corrected chi connectivity index (χ0v) is 8.25. The molecule has 0 spiro atoms. The van der Waals surface area contributed by atoms with Gasteiger partial charge < -0.3 is 0 Å². The van der Waals surface area contributed by atoms with Crippen molar-refractivity contribution in [3.8, 4) is 0 Å². The van der Waals surface area contributed by atoms with Crippen molar-refractivity contribution in [2.24, 2.45) is 0 Å². The Morgan fingerprint density at radius 2 is 0.600 bits per heavy atom. The summed E-state index contributed by atoms with van der Waals surface area (Å²) in [7, 11) is 0. The second kappa shape index (κ2) is 4.33. The first kappa shape index (κ1) is 13.0. The minimum atomic E-state index is -5.52. The summed E-state index contributed by atoms with van der Waals surface area (Å²) in [5.41, 5.74) is 0. The molecule has 0 saturated carbocycles. The zero-order chi connectivity index (χ0) is 9.00. The van der Waals surface area contributed by atoms with Crippen molar-refractivity contribution in [1.82, 2.24) is 0 Å². The van der Waals surface area contributed by atoms with Crippen LogP contribution in [0.1, 0.15) is 0 Å². The van der Waals surface area contributed by atoms with Crippen LogP contribution in [0.2, 0.25) is 0 Å². The van der Waals surface area contributed by atoms with Crippen LogP contribution in [-0.2, 0) is 47.1 Å². The Labute approximate surface area is 62.2 Å². The molecule has 0 radical (unpaired) electrons. The quantitative estimate of drug-likeness (QED) is 0.351. The van der Waals surface area contributed by atoms with Gasteiger partial charge >= 0.3 is 62.1 Å². The van der Waals surface area contributed by atoms with Crippen LogP contribution >= 0.6 is 0 Å². The van der Waals surface area contributed by atoms with E-state index in [9.17, 15) is 0 Å². The van der Waals surface area contributed by atoms with E-state index in [2.05, 4.69) is 0 Å². The second-order valence-electron chi connectivity index (χ2n) is 0.896. The summed E-state index contributed by atoms with van der Waals surface area (Å²) in [6.07, 6.45) is 0. The van der Waals surface area contributed by atoms with Crippen LogP contribution in [0, 0.1) is 0 Å². The molecule has 0 unspecified atom stereocenters. The van der Waals surface area contributed by atoms with E-state index in [0.29, 0.717) is 0 Å². The molecular formula is H4Mo2O8. The molecule has 10 heavy (non-hydrogen) atoms. The fourth-order valence-corrected chi connectivity index (χ4v) is 0. The summed E-state index contributed by atoms with van der Waals surface area (Å²) in [6.45, 7) is 0. The first-order valence-corrected chi connectivity index (χ1v) is 8.26. The SMILES string of the molecule is [O]=[Mo](=[O])([OH])[OH].[O]=[Mo](=[O])([OH])[OH]. The average molecular weight is 324 g/mol. The van der Waals surface area contributed by atoms with E-state index in [4.69, 9.17) is 28.6 Å². The van der Waals surface area contributed by atoms with Gasteiger partial charge in [0.25, 0.3) is 0 Å². The third-order valence-corrected chi connectivity index (χ3v) is 0. The van der Waals surface area contributed by atoms with Gasteiger partial charge in [-0.3, -0.25) is 0 Å². The standard InChI is InChI=1S/2Mo.4H2O.4O/h;;4*1H2;;;;/q2*+2;;;;;;;;/p-4. The molecule has 0 bridgehead atoms. The van der Waals surface area contributed by atoms with Crippen LogP contribution in [-0.4, -0.2) is 15.0 Å². The monoisotopic (exact) mass is 328 g/mol. The fraction of sp³-hybridized carbons (Fsp3) is 0. The van der Waals surface area contributed by atoms with Crippen molar-refractivity contribution in [3.63, 3.8) is 0 Å². The molecule has 0 aliphatic heterocycles. The predicted molar refractivity (Wildman–Crippen MR) is 11.6 cm³/mol. The Hall–Kier alpha value is 0.417. The Morgan fingerprint density at radius 3 is 0.600 bits per heavy atom. The van der Waals surface area contributed by atoms with Crippen molar-refractivity contribution in [2.75, 3.05) is 0 Å². The molecule has 0 aromatic carbocycles. The molecule has 0 amide bonds. The van der Waals surface area contributed by atoms with Crippen molar-refractivity contribution in [1.29, 1.82) is 0 Å². The summed E-state index contributed by atoms with van der Waals surface area (Å²) >= 11 is -11.0. The van der Waals surface area contributed by atoms with E-state index in [1.807, 2.05) is 0 Å². The molecular weight excluding hydrogens is 320 g/mol. The first-order valence-electron chi connectivity index (χ1n) is 1.40. The molecule has 0 heterocycles. The van der Waals surface area contributed by atoms with Crippen LogP contribution in [0.5, 0.6) is 0 Å². The predicted octanol–water partition coefficient (Wildman–Crippen LogP) is -2.71. The minimum absolute atomic E-state index is 5.52. The topological polar surface area (TPSA) is 149 Å². The van der Waals surface area contributed by atoms with Gasteiger partial charge in [0.1, 0.15) is 0 Å². The van der Waals surface area contributed by atoms with Crippen molar-refractivity contribution in [3.05, 3.63) is 0 Å². The second-order valence-corrected chi connectivity index (χ2v) is 5.30. The van der Waals surface area contributed by atoms with Crippen LogP contribution in [0.15, 0.2) is 0 Å². The van der Waals surface area contributed by atoms with Crippen LogP contribution in [0.25, 0.3) is 0 Å². The van der Waals surface area contributed by atoms with Crippen LogP contribution in [0.4, 0.5) is 0 Å². The molecule has 0 fully saturated rings. The molecule has 10 heteroatoms. The van der Waals surface area contributed by atoms with Gasteiger partial charge in [-0.2, -0.15) is 0 Å². The van der Waals surface area contributed by atoms with Crippen LogP contribution < -0.4 is 0 Å². The summed E-state index contributed by atoms with van der Waals surface area (Å²) in [4.78, 5) is 0. The van der Waals surface area contributed by atoms with Gasteiger partial charge in [-0.15, -0.1) is 0 Å². The maximum absolute atomic E-state index is 8.85. The van der Waals surface area contributed by atoms with E-state index in [1.165, 1.54) is 0 Å². The first-order chi connectivity index (χ1) is 4.00. The molecule has 0 atom stereocenters. The average Bonchev–Trinajstić information content (AvgIpc) is 1.12. The van der Waals surface area contributed by atoms with Crippen molar-refractivity contribution < 1.29 is 62.1 Å².